The highest BCUT2D eigenvalue weighted by Gasteiger charge is 2.31. The van der Waals surface area contributed by atoms with Crippen molar-refractivity contribution in [2.24, 2.45) is 0 Å². The maximum absolute atomic E-state index is 5.69. The first-order valence-corrected chi connectivity index (χ1v) is 10.8. The molecule has 1 aromatic heterocycles. The molecule has 1 atom stereocenters. The predicted molar refractivity (Wildman–Crippen MR) is 122 cm³/mol. The van der Waals surface area contributed by atoms with E-state index in [-0.39, 0.29) is 11.6 Å². The van der Waals surface area contributed by atoms with E-state index < -0.39 is 0 Å². The van der Waals surface area contributed by atoms with Crippen molar-refractivity contribution in [3.05, 3.63) is 63.9 Å². The lowest BCUT2D eigenvalue weighted by Crippen LogP contribution is -2.38. The van der Waals surface area contributed by atoms with Gasteiger partial charge < -0.3 is 9.47 Å². The lowest BCUT2D eigenvalue weighted by atomic mass is 9.88. The summed E-state index contributed by atoms with van der Waals surface area (Å²) < 4.78 is 15.4. The van der Waals surface area contributed by atoms with E-state index in [1.54, 1.807) is 18.9 Å². The Labute approximate surface area is 188 Å². The molecule has 0 saturated heterocycles. The van der Waals surface area contributed by atoms with E-state index in [2.05, 4.69) is 72.5 Å². The maximum atomic E-state index is 5.69. The Hall–Kier alpha value is -2.71. The zero-order valence-electron chi connectivity index (χ0n) is 18.7. The second kappa shape index (κ2) is 8.43. The minimum absolute atomic E-state index is 0.0476. The van der Waals surface area contributed by atoms with Gasteiger partial charge in [0.15, 0.2) is 11.5 Å². The lowest BCUT2D eigenvalue weighted by molar-refractivity contribution is 0.153. The number of nitrogens with zero attached hydrogens (tertiary/aromatic N) is 5. The fourth-order valence-electron chi connectivity index (χ4n) is 4.13. The lowest BCUT2D eigenvalue weighted by Gasteiger charge is -2.37. The van der Waals surface area contributed by atoms with Gasteiger partial charge in [-0.1, -0.05) is 30.3 Å². The van der Waals surface area contributed by atoms with E-state index in [1.165, 1.54) is 16.7 Å². The third kappa shape index (κ3) is 4.09. The van der Waals surface area contributed by atoms with Gasteiger partial charge in [-0.3, -0.25) is 4.90 Å². The summed E-state index contributed by atoms with van der Waals surface area (Å²) in [5, 5.41) is 8.67. The number of ether oxygens (including phenoxy) is 2. The summed E-state index contributed by atoms with van der Waals surface area (Å²) in [6, 6.07) is 14.8. The summed E-state index contributed by atoms with van der Waals surface area (Å²) >= 11 is 5.69. The first-order valence-electron chi connectivity index (χ1n) is 10.4. The van der Waals surface area contributed by atoms with Crippen molar-refractivity contribution >= 4 is 12.2 Å². The molecule has 0 aliphatic carbocycles. The van der Waals surface area contributed by atoms with Gasteiger partial charge in [-0.25, -0.2) is 9.36 Å². The molecule has 1 aliphatic heterocycles. The van der Waals surface area contributed by atoms with Gasteiger partial charge in [-0.15, -0.1) is 0 Å². The summed E-state index contributed by atoms with van der Waals surface area (Å²) in [6.45, 7) is 7.65. The Kier molecular flexibility index (Phi) is 5.85. The molecule has 0 N–H and O–H groups in total. The maximum Gasteiger partial charge on any atom is 0.217 e. The molecule has 1 aliphatic rings. The van der Waals surface area contributed by atoms with E-state index in [4.69, 9.17) is 21.7 Å². The summed E-state index contributed by atoms with van der Waals surface area (Å²) in [6.07, 6.45) is 0.903. The zero-order valence-corrected chi connectivity index (χ0v) is 19.5. The number of fused-ring (bicyclic) bond motifs is 1. The summed E-state index contributed by atoms with van der Waals surface area (Å²) in [5.74, 6) is 1.50. The fraction of sp³-hybridized carbons (Fsp3) is 0.435. The number of rotatable bonds is 5. The SMILES string of the molecule is COc1cc2c(cc1OC)C(c1ccccc1)N(Cn1nnn(C(C)(C)C)c1=S)CC2. The van der Waals surface area contributed by atoms with Gasteiger partial charge in [0.05, 0.1) is 32.5 Å². The van der Waals surface area contributed by atoms with E-state index in [0.717, 1.165) is 24.5 Å². The van der Waals surface area contributed by atoms with Gasteiger partial charge in [0, 0.05) is 6.54 Å². The van der Waals surface area contributed by atoms with Crippen LogP contribution in [-0.2, 0) is 18.6 Å². The van der Waals surface area contributed by atoms with Crippen LogP contribution in [0.1, 0.15) is 43.5 Å². The smallest absolute Gasteiger partial charge is 0.217 e. The van der Waals surface area contributed by atoms with Crippen molar-refractivity contribution in [1.29, 1.82) is 0 Å². The summed E-state index contributed by atoms with van der Waals surface area (Å²) in [4.78, 5) is 2.39. The number of tetrazole rings is 1. The molecule has 0 bridgehead atoms. The molecule has 2 aromatic carbocycles. The van der Waals surface area contributed by atoms with Crippen molar-refractivity contribution in [1.82, 2.24) is 24.7 Å². The normalized spacial score (nSPS) is 16.7. The van der Waals surface area contributed by atoms with Gasteiger partial charge in [0.25, 0.3) is 0 Å². The first kappa shape index (κ1) is 21.5. The number of hydrogen-bond acceptors (Lipinski definition) is 6. The molecule has 31 heavy (non-hydrogen) atoms. The minimum atomic E-state index is -0.216. The largest absolute Gasteiger partial charge is 0.493 e. The van der Waals surface area contributed by atoms with Crippen LogP contribution in [0, 0.1) is 4.77 Å². The molecule has 3 aromatic rings. The third-order valence-electron chi connectivity index (χ3n) is 5.68. The summed E-state index contributed by atoms with van der Waals surface area (Å²) in [7, 11) is 3.35. The standard InChI is InChI=1S/C23H29N5O2S/c1-23(2,3)28-22(31)27(24-25-28)15-26-12-11-17-13-19(29-4)20(30-5)14-18(17)21(26)16-9-7-6-8-10-16/h6-10,13-14,21H,11-12,15H2,1-5H3. The van der Waals surface area contributed by atoms with E-state index >= 15 is 0 Å². The van der Waals surface area contributed by atoms with Gasteiger partial charge in [0.1, 0.15) is 0 Å². The molecular formula is C23H29N5O2S. The van der Waals surface area contributed by atoms with Crippen LogP contribution in [0.2, 0.25) is 0 Å². The number of benzene rings is 2. The van der Waals surface area contributed by atoms with Crippen LogP contribution < -0.4 is 9.47 Å². The predicted octanol–water partition coefficient (Wildman–Crippen LogP) is 4.19. The van der Waals surface area contributed by atoms with Crippen molar-refractivity contribution in [3.8, 4) is 11.5 Å². The Morgan fingerprint density at radius 1 is 1.03 bits per heavy atom. The molecule has 164 valence electrons. The highest BCUT2D eigenvalue weighted by atomic mass is 32.1. The molecule has 4 rings (SSSR count). The quantitative estimate of drug-likeness (QED) is 0.556. The first-order chi connectivity index (χ1) is 14.8. The third-order valence-corrected chi connectivity index (χ3v) is 6.06. The molecule has 1 unspecified atom stereocenters. The number of aromatic nitrogens is 4. The highest BCUT2D eigenvalue weighted by Crippen LogP contribution is 2.41. The molecule has 0 spiro atoms. The van der Waals surface area contributed by atoms with Gasteiger partial charge in [-0.05, 0) is 78.7 Å². The Bertz CT molecular complexity index is 1120. The van der Waals surface area contributed by atoms with E-state index in [1.807, 2.05) is 10.7 Å². The summed E-state index contributed by atoms with van der Waals surface area (Å²) in [5.41, 5.74) is 3.48. The Morgan fingerprint density at radius 3 is 2.32 bits per heavy atom. The van der Waals surface area contributed by atoms with Crippen LogP contribution >= 0.6 is 12.2 Å². The Balaban J connectivity index is 1.77. The van der Waals surface area contributed by atoms with Crippen molar-refractivity contribution in [2.75, 3.05) is 20.8 Å². The average Bonchev–Trinajstić information content (AvgIpc) is 3.13. The minimum Gasteiger partial charge on any atom is -0.493 e. The zero-order chi connectivity index (χ0) is 22.2. The monoisotopic (exact) mass is 439 g/mol. The topological polar surface area (TPSA) is 57.3 Å². The fourth-order valence-corrected chi connectivity index (χ4v) is 4.54. The van der Waals surface area contributed by atoms with Crippen LogP contribution in [0.4, 0.5) is 0 Å². The van der Waals surface area contributed by atoms with Crippen LogP contribution in [0.15, 0.2) is 42.5 Å². The average molecular weight is 440 g/mol. The molecule has 0 saturated carbocycles. The van der Waals surface area contributed by atoms with Crippen molar-refractivity contribution in [3.63, 3.8) is 0 Å². The molecule has 7 nitrogen and oxygen atoms in total. The molecule has 0 radical (unpaired) electrons. The van der Waals surface area contributed by atoms with Crippen LogP contribution in [0.25, 0.3) is 0 Å². The van der Waals surface area contributed by atoms with E-state index in [9.17, 15) is 0 Å². The Morgan fingerprint density at radius 2 is 1.71 bits per heavy atom. The molecule has 0 fully saturated rings. The number of methoxy groups -OCH3 is 2. The second-order valence-corrected chi connectivity index (χ2v) is 9.13. The number of hydrogen-bond donors (Lipinski definition) is 0. The highest BCUT2D eigenvalue weighted by molar-refractivity contribution is 7.71. The van der Waals surface area contributed by atoms with Crippen molar-refractivity contribution < 1.29 is 9.47 Å². The van der Waals surface area contributed by atoms with Crippen LogP contribution in [0.5, 0.6) is 11.5 Å². The van der Waals surface area contributed by atoms with Crippen LogP contribution in [0.3, 0.4) is 0 Å². The van der Waals surface area contributed by atoms with Gasteiger partial charge in [-0.2, -0.15) is 0 Å². The van der Waals surface area contributed by atoms with Gasteiger partial charge >= 0.3 is 0 Å². The van der Waals surface area contributed by atoms with E-state index in [0.29, 0.717) is 11.4 Å². The van der Waals surface area contributed by atoms with Crippen LogP contribution in [-0.4, -0.2) is 45.5 Å². The molecular weight excluding hydrogens is 410 g/mol. The molecule has 2 heterocycles. The van der Waals surface area contributed by atoms with Crippen molar-refractivity contribution in [2.45, 2.75) is 45.4 Å². The molecule has 8 heteroatoms. The second-order valence-electron chi connectivity index (χ2n) is 8.77. The van der Waals surface area contributed by atoms with Gasteiger partial charge in [0.2, 0.25) is 4.77 Å². The molecule has 0 amide bonds.